The molecule has 0 bridgehead atoms. The minimum absolute atomic E-state index is 0.000564. The van der Waals surface area contributed by atoms with Crippen LogP contribution in [-0.2, 0) is 20.7 Å². The number of carbonyl (C=O) groups is 2. The molecule has 1 atom stereocenters. The van der Waals surface area contributed by atoms with E-state index in [2.05, 4.69) is 11.1 Å². The number of benzene rings is 1. The van der Waals surface area contributed by atoms with Crippen LogP contribution in [0.15, 0.2) is 30.5 Å². The zero-order valence-corrected chi connectivity index (χ0v) is 12.8. The number of fused-ring (bicyclic) bond motifs is 1. The van der Waals surface area contributed by atoms with Gasteiger partial charge in [-0.2, -0.15) is 0 Å². The number of hydrogen-bond donors (Lipinski definition) is 2. The van der Waals surface area contributed by atoms with E-state index in [4.69, 9.17) is 9.84 Å². The number of aliphatic carboxylic acids is 1. The van der Waals surface area contributed by atoms with Crippen molar-refractivity contribution in [3.63, 3.8) is 0 Å². The Bertz CT molecular complexity index is 709. The summed E-state index contributed by atoms with van der Waals surface area (Å²) in [5, 5.41) is 10.2. The van der Waals surface area contributed by atoms with Gasteiger partial charge >= 0.3 is 5.97 Å². The van der Waals surface area contributed by atoms with Gasteiger partial charge in [-0.15, -0.1) is 0 Å². The molecule has 122 valence electrons. The lowest BCUT2D eigenvalue weighted by Crippen LogP contribution is -2.48. The quantitative estimate of drug-likeness (QED) is 0.881. The van der Waals surface area contributed by atoms with E-state index in [0.29, 0.717) is 13.0 Å². The number of aromatic nitrogens is 1. The number of nitrogens with one attached hydrogen (secondary N) is 1. The fraction of sp³-hybridized carbons (Fsp3) is 0.412. The summed E-state index contributed by atoms with van der Waals surface area (Å²) in [6, 6.07) is 8.10. The van der Waals surface area contributed by atoms with E-state index >= 15 is 0 Å². The molecule has 0 aliphatic carbocycles. The maximum absolute atomic E-state index is 12.2. The van der Waals surface area contributed by atoms with Gasteiger partial charge in [0.25, 0.3) is 0 Å². The number of amides is 1. The SMILES string of the molecule is O=C(O)C1CN(C(=O)CCCc2c[nH]c3ccccc23)CCO1. The Morgan fingerprint density at radius 3 is 3.00 bits per heavy atom. The van der Waals surface area contributed by atoms with E-state index in [1.54, 1.807) is 4.90 Å². The molecule has 6 heteroatoms. The van der Waals surface area contributed by atoms with Crippen LogP contribution in [0.2, 0.25) is 0 Å². The average Bonchev–Trinajstić information content (AvgIpc) is 2.98. The number of ether oxygens (including phenoxy) is 1. The van der Waals surface area contributed by atoms with Crippen molar-refractivity contribution in [3.05, 3.63) is 36.0 Å². The predicted octanol–water partition coefficient (Wildman–Crippen LogP) is 1.80. The van der Waals surface area contributed by atoms with Gasteiger partial charge in [0.15, 0.2) is 6.10 Å². The lowest BCUT2D eigenvalue weighted by atomic mass is 10.1. The van der Waals surface area contributed by atoms with Crippen LogP contribution in [0.25, 0.3) is 10.9 Å². The van der Waals surface area contributed by atoms with Gasteiger partial charge in [-0.3, -0.25) is 4.79 Å². The Balaban J connectivity index is 1.52. The van der Waals surface area contributed by atoms with E-state index in [1.807, 2.05) is 24.4 Å². The molecule has 1 aromatic heterocycles. The third kappa shape index (κ3) is 3.53. The van der Waals surface area contributed by atoms with Crippen LogP contribution < -0.4 is 0 Å². The Labute approximate surface area is 134 Å². The summed E-state index contributed by atoms with van der Waals surface area (Å²) in [7, 11) is 0. The van der Waals surface area contributed by atoms with Crippen LogP contribution in [0.3, 0.4) is 0 Å². The smallest absolute Gasteiger partial charge is 0.334 e. The number of hydrogen-bond acceptors (Lipinski definition) is 3. The molecule has 2 aromatic rings. The summed E-state index contributed by atoms with van der Waals surface area (Å²) >= 11 is 0. The minimum Gasteiger partial charge on any atom is -0.479 e. The van der Waals surface area contributed by atoms with Gasteiger partial charge < -0.3 is 19.7 Å². The van der Waals surface area contributed by atoms with Gasteiger partial charge in [-0.25, -0.2) is 4.79 Å². The zero-order valence-electron chi connectivity index (χ0n) is 12.8. The van der Waals surface area contributed by atoms with Gasteiger partial charge in [-0.05, 0) is 24.5 Å². The number of nitrogens with zero attached hydrogens (tertiary/aromatic N) is 1. The highest BCUT2D eigenvalue weighted by atomic mass is 16.5. The molecule has 1 unspecified atom stereocenters. The van der Waals surface area contributed by atoms with Crippen molar-refractivity contribution >= 4 is 22.8 Å². The van der Waals surface area contributed by atoms with E-state index in [9.17, 15) is 9.59 Å². The van der Waals surface area contributed by atoms with Crippen molar-refractivity contribution in [1.29, 1.82) is 0 Å². The molecule has 0 saturated carbocycles. The summed E-state index contributed by atoms with van der Waals surface area (Å²) in [4.78, 5) is 28.0. The second kappa shape index (κ2) is 6.83. The number of carboxylic acid groups (broad SMARTS) is 1. The number of carboxylic acids is 1. The van der Waals surface area contributed by atoms with Crippen LogP contribution >= 0.6 is 0 Å². The Morgan fingerprint density at radius 2 is 2.17 bits per heavy atom. The number of H-pyrrole nitrogens is 1. The molecule has 2 heterocycles. The lowest BCUT2D eigenvalue weighted by Gasteiger charge is -2.30. The first kappa shape index (κ1) is 15.6. The molecular formula is C17H20N2O4. The lowest BCUT2D eigenvalue weighted by molar-refractivity contribution is -0.159. The molecule has 1 aliphatic heterocycles. The molecule has 1 aliphatic rings. The van der Waals surface area contributed by atoms with Crippen LogP contribution in [0.4, 0.5) is 0 Å². The number of aromatic amines is 1. The highest BCUT2D eigenvalue weighted by Gasteiger charge is 2.28. The fourth-order valence-electron chi connectivity index (χ4n) is 2.95. The number of carbonyl (C=O) groups excluding carboxylic acids is 1. The Kier molecular flexibility index (Phi) is 4.62. The van der Waals surface area contributed by atoms with Crippen LogP contribution in [-0.4, -0.2) is 52.7 Å². The molecular weight excluding hydrogens is 296 g/mol. The molecule has 2 N–H and O–H groups in total. The molecule has 0 radical (unpaired) electrons. The van der Waals surface area contributed by atoms with Gasteiger partial charge in [0, 0.05) is 30.1 Å². The highest BCUT2D eigenvalue weighted by Crippen LogP contribution is 2.19. The molecule has 23 heavy (non-hydrogen) atoms. The fourth-order valence-corrected chi connectivity index (χ4v) is 2.95. The van der Waals surface area contributed by atoms with Crippen LogP contribution in [0, 0.1) is 0 Å². The number of rotatable bonds is 5. The maximum Gasteiger partial charge on any atom is 0.334 e. The minimum atomic E-state index is -1.01. The van der Waals surface area contributed by atoms with Gasteiger partial charge in [0.2, 0.25) is 5.91 Å². The first-order valence-corrected chi connectivity index (χ1v) is 7.82. The molecule has 1 saturated heterocycles. The van der Waals surface area contributed by atoms with Crippen molar-refractivity contribution in [1.82, 2.24) is 9.88 Å². The highest BCUT2D eigenvalue weighted by molar-refractivity contribution is 5.83. The summed E-state index contributed by atoms with van der Waals surface area (Å²) in [6.07, 6.45) is 3.08. The normalized spacial score (nSPS) is 18.3. The third-order valence-electron chi connectivity index (χ3n) is 4.21. The third-order valence-corrected chi connectivity index (χ3v) is 4.21. The van der Waals surface area contributed by atoms with E-state index < -0.39 is 12.1 Å². The maximum atomic E-state index is 12.2. The summed E-state index contributed by atoms with van der Waals surface area (Å²) in [6.45, 7) is 0.891. The number of para-hydroxylation sites is 1. The summed E-state index contributed by atoms with van der Waals surface area (Å²) in [5.41, 5.74) is 2.31. The van der Waals surface area contributed by atoms with Crippen molar-refractivity contribution in [3.8, 4) is 0 Å². The van der Waals surface area contributed by atoms with Gasteiger partial charge in [0.05, 0.1) is 13.2 Å². The van der Waals surface area contributed by atoms with E-state index in [1.165, 1.54) is 10.9 Å². The zero-order chi connectivity index (χ0) is 16.2. The number of aryl methyl sites for hydroxylation is 1. The monoisotopic (exact) mass is 316 g/mol. The molecule has 0 spiro atoms. The van der Waals surface area contributed by atoms with Gasteiger partial charge in [-0.1, -0.05) is 18.2 Å². The molecule has 3 rings (SSSR count). The van der Waals surface area contributed by atoms with Crippen molar-refractivity contribution in [2.45, 2.75) is 25.4 Å². The second-order valence-electron chi connectivity index (χ2n) is 5.75. The first-order chi connectivity index (χ1) is 11.1. The molecule has 6 nitrogen and oxygen atoms in total. The number of morpholine rings is 1. The van der Waals surface area contributed by atoms with Crippen LogP contribution in [0.1, 0.15) is 18.4 Å². The standard InChI is InChI=1S/C17H20N2O4/c20-16(19-8-9-23-15(11-19)17(21)22)7-3-4-12-10-18-14-6-2-1-5-13(12)14/h1-2,5-6,10,15,18H,3-4,7-9,11H2,(H,21,22). The van der Waals surface area contributed by atoms with Crippen molar-refractivity contribution in [2.24, 2.45) is 0 Å². The van der Waals surface area contributed by atoms with Crippen molar-refractivity contribution in [2.75, 3.05) is 19.7 Å². The topological polar surface area (TPSA) is 82.6 Å². The Hall–Kier alpha value is -2.34. The second-order valence-corrected chi connectivity index (χ2v) is 5.75. The summed E-state index contributed by atoms with van der Waals surface area (Å²) < 4.78 is 5.13. The molecule has 1 amide bonds. The predicted molar refractivity (Wildman–Crippen MR) is 85.2 cm³/mol. The van der Waals surface area contributed by atoms with E-state index in [-0.39, 0.29) is 19.1 Å². The van der Waals surface area contributed by atoms with E-state index in [0.717, 1.165) is 18.4 Å². The largest absolute Gasteiger partial charge is 0.479 e. The summed E-state index contributed by atoms with van der Waals surface area (Å²) in [5.74, 6) is -1.01. The van der Waals surface area contributed by atoms with Crippen molar-refractivity contribution < 1.29 is 19.4 Å². The van der Waals surface area contributed by atoms with Gasteiger partial charge in [0.1, 0.15) is 0 Å². The first-order valence-electron chi connectivity index (χ1n) is 7.82. The molecule has 1 fully saturated rings. The Morgan fingerprint density at radius 1 is 1.35 bits per heavy atom. The average molecular weight is 316 g/mol. The molecule has 1 aromatic carbocycles. The van der Waals surface area contributed by atoms with Crippen LogP contribution in [0.5, 0.6) is 0 Å².